The molecule has 0 bridgehead atoms. The highest BCUT2D eigenvalue weighted by molar-refractivity contribution is 8.01. The van der Waals surface area contributed by atoms with E-state index in [2.05, 4.69) is 0 Å². The summed E-state index contributed by atoms with van der Waals surface area (Å²) in [6, 6.07) is 4.26. The van der Waals surface area contributed by atoms with E-state index in [0.717, 1.165) is 12.0 Å². The second-order valence-electron chi connectivity index (χ2n) is 4.34. The molecule has 1 aliphatic rings. The zero-order chi connectivity index (χ0) is 14.0. The first kappa shape index (κ1) is 14.3. The van der Waals surface area contributed by atoms with E-state index in [1.54, 1.807) is 22.7 Å². The Kier molecular flexibility index (Phi) is 4.15. The predicted octanol–water partition coefficient (Wildman–Crippen LogP) is 1.56. The van der Waals surface area contributed by atoms with Gasteiger partial charge in [0.1, 0.15) is 11.2 Å². The summed E-state index contributed by atoms with van der Waals surface area (Å²) < 4.78 is 37.3. The minimum atomic E-state index is -3.29. The second-order valence-corrected chi connectivity index (χ2v) is 7.70. The van der Waals surface area contributed by atoms with Gasteiger partial charge in [-0.2, -0.15) is 11.8 Å². The second kappa shape index (κ2) is 5.50. The molecule has 0 saturated carbocycles. The van der Waals surface area contributed by atoms with Gasteiger partial charge < -0.3 is 4.90 Å². The molecule has 1 aromatic rings. The molecule has 1 aromatic carbocycles. The van der Waals surface area contributed by atoms with Crippen molar-refractivity contribution in [2.45, 2.75) is 5.37 Å². The van der Waals surface area contributed by atoms with Crippen LogP contribution in [0.25, 0.3) is 0 Å². The Balaban J connectivity index is 2.49. The molecule has 1 saturated heterocycles. The quantitative estimate of drug-likeness (QED) is 0.793. The van der Waals surface area contributed by atoms with Crippen LogP contribution in [-0.2, 0) is 9.84 Å². The summed E-state index contributed by atoms with van der Waals surface area (Å²) in [5.41, 5.74) is 0.272. The third kappa shape index (κ3) is 2.92. The van der Waals surface area contributed by atoms with Crippen molar-refractivity contribution in [1.29, 1.82) is 0 Å². The summed E-state index contributed by atoms with van der Waals surface area (Å²) in [6.45, 7) is 0.479. The van der Waals surface area contributed by atoms with Crippen LogP contribution in [0.15, 0.2) is 18.2 Å². The Labute approximate surface area is 115 Å². The van der Waals surface area contributed by atoms with Gasteiger partial charge in [0.15, 0.2) is 16.1 Å². The van der Waals surface area contributed by atoms with E-state index >= 15 is 0 Å². The number of anilines is 1. The molecule has 0 amide bonds. The average molecular weight is 303 g/mol. The van der Waals surface area contributed by atoms with Crippen LogP contribution in [0.1, 0.15) is 10.4 Å². The molecule has 0 radical (unpaired) electrons. The van der Waals surface area contributed by atoms with Crippen LogP contribution in [-0.4, -0.2) is 44.4 Å². The van der Waals surface area contributed by atoms with Gasteiger partial charge in [0.25, 0.3) is 0 Å². The van der Waals surface area contributed by atoms with Gasteiger partial charge in [-0.15, -0.1) is 0 Å². The summed E-state index contributed by atoms with van der Waals surface area (Å²) in [5.74, 6) is 0.548. The zero-order valence-electron chi connectivity index (χ0n) is 10.4. The lowest BCUT2D eigenvalue weighted by atomic mass is 10.1. The minimum Gasteiger partial charge on any atom is -0.353 e. The minimum absolute atomic E-state index is 0.0805. The molecule has 1 fully saturated rings. The van der Waals surface area contributed by atoms with Gasteiger partial charge in [-0.05, 0) is 12.1 Å². The Morgan fingerprint density at radius 2 is 2.21 bits per heavy atom. The smallest absolute Gasteiger partial charge is 0.169 e. The van der Waals surface area contributed by atoms with E-state index in [4.69, 9.17) is 0 Å². The first-order chi connectivity index (χ1) is 8.95. The maximum atomic E-state index is 13.6. The van der Waals surface area contributed by atoms with Gasteiger partial charge in [0, 0.05) is 24.3 Å². The molecule has 1 unspecified atom stereocenters. The van der Waals surface area contributed by atoms with Crippen molar-refractivity contribution in [3.05, 3.63) is 29.6 Å². The van der Waals surface area contributed by atoms with E-state index in [1.807, 2.05) is 0 Å². The molecule has 19 heavy (non-hydrogen) atoms. The van der Waals surface area contributed by atoms with Crippen molar-refractivity contribution in [1.82, 2.24) is 0 Å². The average Bonchev–Trinajstić information content (AvgIpc) is 2.37. The standard InChI is InChI=1S/C12H14FNO3S2/c1-19(16,17)12-8-18-6-5-14(12)11-4-2-3-10(13)9(11)7-15/h2-4,7,12H,5-6,8H2,1H3. The third-order valence-electron chi connectivity index (χ3n) is 3.04. The first-order valence-corrected chi connectivity index (χ1v) is 8.83. The van der Waals surface area contributed by atoms with Crippen molar-refractivity contribution in [3.63, 3.8) is 0 Å². The van der Waals surface area contributed by atoms with Crippen molar-refractivity contribution in [2.24, 2.45) is 0 Å². The van der Waals surface area contributed by atoms with Gasteiger partial charge in [-0.25, -0.2) is 12.8 Å². The molecule has 0 aliphatic carbocycles. The fraction of sp³-hybridized carbons (Fsp3) is 0.417. The van der Waals surface area contributed by atoms with Crippen LogP contribution < -0.4 is 4.90 Å². The van der Waals surface area contributed by atoms with E-state index in [9.17, 15) is 17.6 Å². The molecule has 7 heteroatoms. The SMILES string of the molecule is CS(=O)(=O)C1CSCCN1c1cccc(F)c1C=O. The molecule has 2 rings (SSSR count). The van der Waals surface area contributed by atoms with E-state index in [1.165, 1.54) is 12.1 Å². The van der Waals surface area contributed by atoms with Crippen LogP contribution in [0.3, 0.4) is 0 Å². The summed E-state index contributed by atoms with van der Waals surface area (Å²) in [5, 5.41) is -0.716. The van der Waals surface area contributed by atoms with E-state index in [0.29, 0.717) is 24.3 Å². The molecule has 104 valence electrons. The highest BCUT2D eigenvalue weighted by atomic mass is 32.2. The molecule has 1 atom stereocenters. The lowest BCUT2D eigenvalue weighted by Crippen LogP contribution is -2.47. The van der Waals surface area contributed by atoms with Gasteiger partial charge >= 0.3 is 0 Å². The van der Waals surface area contributed by atoms with Crippen LogP contribution in [0.4, 0.5) is 10.1 Å². The Morgan fingerprint density at radius 1 is 1.47 bits per heavy atom. The molecule has 4 nitrogen and oxygen atoms in total. The van der Waals surface area contributed by atoms with Gasteiger partial charge in [0.2, 0.25) is 0 Å². The number of carbonyl (C=O) groups is 1. The fourth-order valence-electron chi connectivity index (χ4n) is 2.10. The lowest BCUT2D eigenvalue weighted by Gasteiger charge is -2.36. The van der Waals surface area contributed by atoms with E-state index < -0.39 is 21.0 Å². The highest BCUT2D eigenvalue weighted by Gasteiger charge is 2.32. The van der Waals surface area contributed by atoms with Gasteiger partial charge in [-0.1, -0.05) is 6.07 Å². The largest absolute Gasteiger partial charge is 0.353 e. The summed E-state index contributed by atoms with van der Waals surface area (Å²) in [7, 11) is -3.29. The number of benzene rings is 1. The maximum Gasteiger partial charge on any atom is 0.169 e. The monoisotopic (exact) mass is 303 g/mol. The number of nitrogens with zero attached hydrogens (tertiary/aromatic N) is 1. The lowest BCUT2D eigenvalue weighted by molar-refractivity contribution is 0.112. The molecule has 1 aliphatic heterocycles. The summed E-state index contributed by atoms with van der Waals surface area (Å²) in [6.07, 6.45) is 1.60. The Bertz CT molecular complexity index is 589. The number of thioether (sulfide) groups is 1. The van der Waals surface area contributed by atoms with Gasteiger partial charge in [0.05, 0.1) is 11.3 Å². The van der Waals surface area contributed by atoms with Crippen LogP contribution in [0.5, 0.6) is 0 Å². The Hall–Kier alpha value is -1.08. The number of carbonyl (C=O) groups excluding carboxylic acids is 1. The van der Waals surface area contributed by atoms with Crippen molar-refractivity contribution < 1.29 is 17.6 Å². The number of hydrogen-bond acceptors (Lipinski definition) is 5. The number of rotatable bonds is 3. The van der Waals surface area contributed by atoms with Crippen LogP contribution in [0, 0.1) is 5.82 Å². The first-order valence-electron chi connectivity index (χ1n) is 5.72. The number of aldehydes is 1. The maximum absolute atomic E-state index is 13.6. The zero-order valence-corrected chi connectivity index (χ0v) is 12.0. The molecule has 0 N–H and O–H groups in total. The molecular weight excluding hydrogens is 289 g/mol. The van der Waals surface area contributed by atoms with Gasteiger partial charge in [-0.3, -0.25) is 4.79 Å². The molecule has 0 aromatic heterocycles. The van der Waals surface area contributed by atoms with Crippen molar-refractivity contribution in [2.75, 3.05) is 29.2 Å². The van der Waals surface area contributed by atoms with Crippen molar-refractivity contribution in [3.8, 4) is 0 Å². The van der Waals surface area contributed by atoms with Crippen LogP contribution in [0.2, 0.25) is 0 Å². The van der Waals surface area contributed by atoms with Crippen LogP contribution >= 0.6 is 11.8 Å². The van der Waals surface area contributed by atoms with Crippen molar-refractivity contribution >= 4 is 33.6 Å². The topological polar surface area (TPSA) is 54.5 Å². The fourth-order valence-corrected chi connectivity index (χ4v) is 4.94. The molecule has 0 spiro atoms. The summed E-state index contributed by atoms with van der Waals surface area (Å²) in [4.78, 5) is 12.6. The number of hydrogen-bond donors (Lipinski definition) is 0. The number of halogens is 1. The number of sulfone groups is 1. The van der Waals surface area contributed by atoms with E-state index in [-0.39, 0.29) is 5.56 Å². The highest BCUT2D eigenvalue weighted by Crippen LogP contribution is 2.29. The molecular formula is C12H14FNO3S2. The predicted molar refractivity (Wildman–Crippen MR) is 75.1 cm³/mol. The normalized spacial score (nSPS) is 20.3. The Morgan fingerprint density at radius 3 is 2.84 bits per heavy atom. The third-order valence-corrected chi connectivity index (χ3v) is 5.68. The molecule has 1 heterocycles. The summed E-state index contributed by atoms with van der Waals surface area (Å²) >= 11 is 1.54.